The predicted molar refractivity (Wildman–Crippen MR) is 81.3 cm³/mol. The van der Waals surface area contributed by atoms with E-state index in [0.717, 1.165) is 0 Å². The molecule has 0 spiro atoms. The highest BCUT2D eigenvalue weighted by molar-refractivity contribution is 6.33. The first kappa shape index (κ1) is 13.3. The molecule has 0 aliphatic carbocycles. The molecule has 21 heavy (non-hydrogen) atoms. The van der Waals surface area contributed by atoms with E-state index < -0.39 is 5.97 Å². The molecular formula is C14H11ClN4O2. The fraction of sp³-hybridized carbons (Fsp3) is 0. The number of aromatic carboxylic acids is 1. The summed E-state index contributed by atoms with van der Waals surface area (Å²) in [4.78, 5) is 11.4. The van der Waals surface area contributed by atoms with E-state index >= 15 is 0 Å². The first-order valence-corrected chi connectivity index (χ1v) is 6.45. The molecule has 3 aromatic rings. The molecule has 0 aliphatic rings. The van der Waals surface area contributed by atoms with E-state index in [-0.39, 0.29) is 5.56 Å². The Balaban J connectivity index is 2.09. The Bertz CT molecular complexity index is 844. The average molecular weight is 303 g/mol. The van der Waals surface area contributed by atoms with Crippen molar-refractivity contribution < 1.29 is 9.90 Å². The zero-order valence-corrected chi connectivity index (χ0v) is 11.5. The van der Waals surface area contributed by atoms with Crippen molar-refractivity contribution in [3.05, 3.63) is 53.3 Å². The van der Waals surface area contributed by atoms with Crippen LogP contribution in [0.15, 0.2) is 42.7 Å². The zero-order chi connectivity index (χ0) is 15.0. The van der Waals surface area contributed by atoms with Gasteiger partial charge < -0.3 is 16.2 Å². The minimum atomic E-state index is -1.03. The minimum Gasteiger partial charge on any atom is -0.478 e. The zero-order valence-electron chi connectivity index (χ0n) is 10.7. The summed E-state index contributed by atoms with van der Waals surface area (Å²) in [6.07, 6.45) is 3.20. The number of fused-ring (bicyclic) bond motifs is 1. The number of carboxylic acids is 1. The molecule has 106 valence electrons. The normalized spacial score (nSPS) is 10.7. The molecule has 2 aromatic heterocycles. The molecule has 0 bridgehead atoms. The van der Waals surface area contributed by atoms with Gasteiger partial charge in [-0.25, -0.2) is 9.31 Å². The molecule has 1 aromatic carbocycles. The van der Waals surface area contributed by atoms with Gasteiger partial charge in [-0.05, 0) is 30.3 Å². The maximum atomic E-state index is 11.4. The van der Waals surface area contributed by atoms with E-state index in [1.54, 1.807) is 47.2 Å². The molecule has 0 saturated heterocycles. The summed E-state index contributed by atoms with van der Waals surface area (Å²) < 4.78 is 1.58. The van der Waals surface area contributed by atoms with Crippen LogP contribution >= 0.6 is 11.6 Å². The van der Waals surface area contributed by atoms with Crippen LogP contribution in [0.1, 0.15) is 10.4 Å². The number of anilines is 3. The van der Waals surface area contributed by atoms with E-state index in [9.17, 15) is 9.90 Å². The number of carbonyl (C=O) groups is 1. The van der Waals surface area contributed by atoms with Gasteiger partial charge in [0.25, 0.3) is 0 Å². The molecule has 4 N–H and O–H groups in total. The molecule has 0 saturated carbocycles. The van der Waals surface area contributed by atoms with E-state index in [1.165, 1.54) is 0 Å². The van der Waals surface area contributed by atoms with Crippen molar-refractivity contribution in [3.63, 3.8) is 0 Å². The number of pyridine rings is 1. The highest BCUT2D eigenvalue weighted by Crippen LogP contribution is 2.29. The average Bonchev–Trinajstić information content (AvgIpc) is 2.88. The van der Waals surface area contributed by atoms with Gasteiger partial charge in [-0.1, -0.05) is 11.6 Å². The predicted octanol–water partition coefficient (Wildman–Crippen LogP) is 3.01. The number of hydrogen-bond donors (Lipinski definition) is 3. The molecule has 0 atom stereocenters. The second kappa shape index (κ2) is 4.99. The number of benzene rings is 1. The van der Waals surface area contributed by atoms with Crippen molar-refractivity contribution >= 4 is 40.1 Å². The van der Waals surface area contributed by atoms with Gasteiger partial charge in [0.1, 0.15) is 0 Å². The van der Waals surface area contributed by atoms with Gasteiger partial charge in [0, 0.05) is 11.9 Å². The maximum absolute atomic E-state index is 11.4. The fourth-order valence-electron chi connectivity index (χ4n) is 2.02. The van der Waals surface area contributed by atoms with E-state index in [4.69, 9.17) is 17.3 Å². The number of carboxylic acid groups (broad SMARTS) is 1. The Kier molecular flexibility index (Phi) is 3.15. The van der Waals surface area contributed by atoms with Crippen LogP contribution in [0.2, 0.25) is 5.02 Å². The second-order valence-corrected chi connectivity index (χ2v) is 4.88. The number of halogens is 1. The summed E-state index contributed by atoms with van der Waals surface area (Å²) in [5, 5.41) is 16.8. The van der Waals surface area contributed by atoms with Gasteiger partial charge in [-0.3, -0.25) is 0 Å². The van der Waals surface area contributed by atoms with E-state index in [2.05, 4.69) is 10.4 Å². The third-order valence-corrected chi connectivity index (χ3v) is 3.34. The lowest BCUT2D eigenvalue weighted by Gasteiger charge is -2.12. The Morgan fingerprint density at radius 3 is 2.81 bits per heavy atom. The standard InChI is InChI=1S/C14H11ClN4O2/c15-11-5-8(16)1-2-12(11)18-13-7-19-9(3-4-17-19)6-10(13)14(20)21/h1-7,18H,16H2,(H,20,21). The Labute approximate surface area is 124 Å². The summed E-state index contributed by atoms with van der Waals surface area (Å²) in [6, 6.07) is 8.24. The topological polar surface area (TPSA) is 92.6 Å². The van der Waals surface area contributed by atoms with Crippen LogP contribution in [0.4, 0.5) is 17.1 Å². The van der Waals surface area contributed by atoms with Gasteiger partial charge in [0.2, 0.25) is 0 Å². The Morgan fingerprint density at radius 2 is 2.10 bits per heavy atom. The largest absolute Gasteiger partial charge is 0.478 e. The van der Waals surface area contributed by atoms with Crippen LogP contribution in [0.5, 0.6) is 0 Å². The van der Waals surface area contributed by atoms with Crippen LogP contribution < -0.4 is 11.1 Å². The maximum Gasteiger partial charge on any atom is 0.337 e. The van der Waals surface area contributed by atoms with Crippen molar-refractivity contribution in [3.8, 4) is 0 Å². The van der Waals surface area contributed by atoms with E-state index in [0.29, 0.717) is 27.6 Å². The first-order chi connectivity index (χ1) is 10.0. The first-order valence-electron chi connectivity index (χ1n) is 6.07. The summed E-state index contributed by atoms with van der Waals surface area (Å²) in [7, 11) is 0. The van der Waals surface area contributed by atoms with Crippen molar-refractivity contribution in [1.82, 2.24) is 9.61 Å². The second-order valence-electron chi connectivity index (χ2n) is 4.47. The molecule has 0 aliphatic heterocycles. The van der Waals surface area contributed by atoms with Crippen LogP contribution in [0.3, 0.4) is 0 Å². The number of nitrogens with one attached hydrogen (secondary N) is 1. The van der Waals surface area contributed by atoms with E-state index in [1.807, 2.05) is 0 Å². The fourth-order valence-corrected chi connectivity index (χ4v) is 2.25. The lowest BCUT2D eigenvalue weighted by molar-refractivity contribution is 0.0698. The van der Waals surface area contributed by atoms with Crippen LogP contribution in [-0.4, -0.2) is 20.7 Å². The molecule has 0 fully saturated rings. The van der Waals surface area contributed by atoms with Gasteiger partial charge in [-0.2, -0.15) is 5.10 Å². The highest BCUT2D eigenvalue weighted by atomic mass is 35.5. The van der Waals surface area contributed by atoms with Gasteiger partial charge in [0.05, 0.1) is 33.7 Å². The van der Waals surface area contributed by atoms with Gasteiger partial charge in [0.15, 0.2) is 0 Å². The van der Waals surface area contributed by atoms with Crippen molar-refractivity contribution in [2.75, 3.05) is 11.1 Å². The number of aromatic nitrogens is 2. The monoisotopic (exact) mass is 302 g/mol. The molecule has 0 unspecified atom stereocenters. The van der Waals surface area contributed by atoms with Gasteiger partial charge in [-0.15, -0.1) is 0 Å². The quantitative estimate of drug-likeness (QED) is 0.647. The number of rotatable bonds is 3. The molecule has 0 radical (unpaired) electrons. The number of nitrogens with two attached hydrogens (primary N) is 1. The molecule has 0 amide bonds. The molecule has 6 nitrogen and oxygen atoms in total. The van der Waals surface area contributed by atoms with Crippen LogP contribution in [0, 0.1) is 0 Å². The molecule has 2 heterocycles. The third kappa shape index (κ3) is 2.48. The SMILES string of the molecule is Nc1ccc(Nc2cn3nccc3cc2C(=O)O)c(Cl)c1. The number of hydrogen-bond acceptors (Lipinski definition) is 4. The molecule has 7 heteroatoms. The summed E-state index contributed by atoms with van der Waals surface area (Å²) in [5.74, 6) is -1.03. The Hall–Kier alpha value is -2.73. The lowest BCUT2D eigenvalue weighted by Crippen LogP contribution is -2.05. The van der Waals surface area contributed by atoms with Crippen molar-refractivity contribution in [1.29, 1.82) is 0 Å². The van der Waals surface area contributed by atoms with Crippen molar-refractivity contribution in [2.24, 2.45) is 0 Å². The number of nitrogen functional groups attached to an aromatic ring is 1. The summed E-state index contributed by atoms with van der Waals surface area (Å²) in [5.41, 5.74) is 7.97. The minimum absolute atomic E-state index is 0.135. The summed E-state index contributed by atoms with van der Waals surface area (Å²) >= 11 is 6.10. The van der Waals surface area contributed by atoms with Crippen LogP contribution in [-0.2, 0) is 0 Å². The summed E-state index contributed by atoms with van der Waals surface area (Å²) in [6.45, 7) is 0. The van der Waals surface area contributed by atoms with Crippen LogP contribution in [0.25, 0.3) is 5.52 Å². The lowest BCUT2D eigenvalue weighted by atomic mass is 10.2. The smallest absolute Gasteiger partial charge is 0.337 e. The Morgan fingerprint density at radius 1 is 1.29 bits per heavy atom. The number of nitrogens with zero attached hydrogens (tertiary/aromatic N) is 2. The molecule has 3 rings (SSSR count). The van der Waals surface area contributed by atoms with Gasteiger partial charge >= 0.3 is 5.97 Å². The molecular weight excluding hydrogens is 292 g/mol. The third-order valence-electron chi connectivity index (χ3n) is 3.03. The highest BCUT2D eigenvalue weighted by Gasteiger charge is 2.13. The van der Waals surface area contributed by atoms with Crippen molar-refractivity contribution in [2.45, 2.75) is 0 Å².